The van der Waals surface area contributed by atoms with E-state index in [0.29, 0.717) is 6.61 Å². The minimum absolute atomic E-state index is 0.0959. The Morgan fingerprint density at radius 2 is 1.94 bits per heavy atom. The molecule has 0 radical (unpaired) electrons. The zero-order valence-corrected chi connectivity index (χ0v) is 11.4. The summed E-state index contributed by atoms with van der Waals surface area (Å²) in [6, 6.07) is 0.0959. The second kappa shape index (κ2) is 6.24. The van der Waals surface area contributed by atoms with Crippen LogP contribution in [0.2, 0.25) is 0 Å². The minimum Gasteiger partial charge on any atom is -0.444 e. The lowest BCUT2D eigenvalue weighted by molar-refractivity contribution is 0.00277. The van der Waals surface area contributed by atoms with Crippen LogP contribution in [0.15, 0.2) is 0 Å². The summed E-state index contributed by atoms with van der Waals surface area (Å²) >= 11 is 0. The Labute approximate surface area is 104 Å². The van der Waals surface area contributed by atoms with E-state index in [1.54, 1.807) is 0 Å². The minimum atomic E-state index is -0.445. The van der Waals surface area contributed by atoms with Crippen LogP contribution in [0.3, 0.4) is 0 Å². The maximum atomic E-state index is 11.7. The molecule has 17 heavy (non-hydrogen) atoms. The fourth-order valence-electron chi connectivity index (χ4n) is 2.13. The van der Waals surface area contributed by atoms with E-state index >= 15 is 0 Å². The van der Waals surface area contributed by atoms with Gasteiger partial charge in [0.05, 0.1) is 12.1 Å². The Bertz CT molecular complexity index is 246. The third-order valence-electron chi connectivity index (χ3n) is 2.79. The number of ether oxygens (including phenoxy) is 2. The smallest absolute Gasteiger partial charge is 0.407 e. The van der Waals surface area contributed by atoms with Crippen LogP contribution in [0.4, 0.5) is 4.79 Å². The zero-order chi connectivity index (χ0) is 12.9. The van der Waals surface area contributed by atoms with Crippen molar-refractivity contribution in [2.45, 2.75) is 71.1 Å². The summed E-state index contributed by atoms with van der Waals surface area (Å²) in [4.78, 5) is 11.7. The second-order valence-corrected chi connectivity index (χ2v) is 5.53. The highest BCUT2D eigenvalue weighted by Gasteiger charge is 2.28. The lowest BCUT2D eigenvalue weighted by atomic mass is 9.92. The predicted molar refractivity (Wildman–Crippen MR) is 67.0 cm³/mol. The van der Waals surface area contributed by atoms with Crippen molar-refractivity contribution in [1.82, 2.24) is 5.32 Å². The van der Waals surface area contributed by atoms with Crippen LogP contribution in [0, 0.1) is 0 Å². The van der Waals surface area contributed by atoms with E-state index in [4.69, 9.17) is 9.47 Å². The molecule has 1 rings (SSSR count). The largest absolute Gasteiger partial charge is 0.444 e. The Morgan fingerprint density at radius 1 is 1.29 bits per heavy atom. The van der Waals surface area contributed by atoms with E-state index in [0.717, 1.165) is 19.3 Å². The molecule has 100 valence electrons. The summed E-state index contributed by atoms with van der Waals surface area (Å²) < 4.78 is 10.9. The highest BCUT2D eigenvalue weighted by molar-refractivity contribution is 5.68. The monoisotopic (exact) mass is 243 g/mol. The molecule has 1 aliphatic carbocycles. The molecular formula is C13H25NO3. The molecule has 1 saturated carbocycles. The van der Waals surface area contributed by atoms with Gasteiger partial charge in [-0.3, -0.25) is 0 Å². The molecule has 0 unspecified atom stereocenters. The number of nitrogens with one attached hydrogen (secondary N) is 1. The maximum absolute atomic E-state index is 11.7. The van der Waals surface area contributed by atoms with Gasteiger partial charge in [-0.2, -0.15) is 0 Å². The second-order valence-electron chi connectivity index (χ2n) is 5.53. The summed E-state index contributed by atoms with van der Waals surface area (Å²) in [5.41, 5.74) is -0.445. The molecule has 1 N–H and O–H groups in total. The molecule has 1 fully saturated rings. The normalized spacial score (nSPS) is 25.4. The Kier molecular flexibility index (Phi) is 5.25. The molecule has 0 aromatic carbocycles. The lowest BCUT2D eigenvalue weighted by Gasteiger charge is -2.32. The van der Waals surface area contributed by atoms with Gasteiger partial charge in [0.2, 0.25) is 0 Å². The molecule has 0 aliphatic heterocycles. The van der Waals surface area contributed by atoms with E-state index < -0.39 is 5.60 Å². The first-order chi connectivity index (χ1) is 7.92. The molecule has 0 saturated heterocycles. The van der Waals surface area contributed by atoms with E-state index in [-0.39, 0.29) is 18.2 Å². The molecule has 0 aromatic rings. The van der Waals surface area contributed by atoms with Gasteiger partial charge in [0.15, 0.2) is 0 Å². The molecule has 1 amide bonds. The van der Waals surface area contributed by atoms with Crippen molar-refractivity contribution < 1.29 is 14.3 Å². The Hall–Kier alpha value is -0.770. The first-order valence-electron chi connectivity index (χ1n) is 6.53. The van der Waals surface area contributed by atoms with Crippen molar-refractivity contribution in [3.63, 3.8) is 0 Å². The van der Waals surface area contributed by atoms with Gasteiger partial charge in [-0.1, -0.05) is 12.8 Å². The molecule has 4 heteroatoms. The van der Waals surface area contributed by atoms with E-state index in [9.17, 15) is 4.79 Å². The third kappa shape index (κ3) is 5.39. The van der Waals surface area contributed by atoms with Gasteiger partial charge in [0.25, 0.3) is 0 Å². The van der Waals surface area contributed by atoms with Gasteiger partial charge >= 0.3 is 6.09 Å². The van der Waals surface area contributed by atoms with Crippen LogP contribution in [-0.2, 0) is 9.47 Å². The number of alkyl carbamates (subject to hydrolysis) is 1. The van der Waals surface area contributed by atoms with E-state index in [1.165, 1.54) is 6.42 Å². The first kappa shape index (κ1) is 14.3. The van der Waals surface area contributed by atoms with Crippen molar-refractivity contribution in [1.29, 1.82) is 0 Å². The van der Waals surface area contributed by atoms with Crippen LogP contribution in [0.1, 0.15) is 53.4 Å². The standard InChI is InChI=1S/C13H25NO3/c1-5-16-11-9-7-6-8-10(11)14-12(15)17-13(2,3)4/h10-11H,5-9H2,1-4H3,(H,14,15)/t10-,11+/m1/s1. The number of amides is 1. The number of rotatable bonds is 3. The Balaban J connectivity index is 2.44. The van der Waals surface area contributed by atoms with Gasteiger partial charge in [-0.15, -0.1) is 0 Å². The van der Waals surface area contributed by atoms with Crippen molar-refractivity contribution in [2.24, 2.45) is 0 Å². The average Bonchev–Trinajstić information content (AvgIpc) is 2.18. The summed E-state index contributed by atoms with van der Waals surface area (Å²) in [5, 5.41) is 2.92. The predicted octanol–water partition coefficient (Wildman–Crippen LogP) is 2.86. The molecule has 2 atom stereocenters. The summed E-state index contributed by atoms with van der Waals surface area (Å²) in [6.07, 6.45) is 4.12. The molecule has 0 bridgehead atoms. The van der Waals surface area contributed by atoms with Crippen molar-refractivity contribution in [2.75, 3.05) is 6.61 Å². The number of carbonyl (C=O) groups excluding carboxylic acids is 1. The third-order valence-corrected chi connectivity index (χ3v) is 2.79. The van der Waals surface area contributed by atoms with E-state index in [1.807, 2.05) is 27.7 Å². The summed E-state index contributed by atoms with van der Waals surface area (Å²) in [6.45, 7) is 8.28. The number of carbonyl (C=O) groups is 1. The van der Waals surface area contributed by atoms with Crippen LogP contribution >= 0.6 is 0 Å². The zero-order valence-electron chi connectivity index (χ0n) is 11.4. The van der Waals surface area contributed by atoms with Gasteiger partial charge in [0.1, 0.15) is 5.60 Å². The van der Waals surface area contributed by atoms with Gasteiger partial charge in [0, 0.05) is 6.61 Å². The highest BCUT2D eigenvalue weighted by Crippen LogP contribution is 2.21. The number of hydrogen-bond acceptors (Lipinski definition) is 3. The molecule has 0 spiro atoms. The van der Waals surface area contributed by atoms with Crippen molar-refractivity contribution >= 4 is 6.09 Å². The topological polar surface area (TPSA) is 47.6 Å². The fourth-order valence-corrected chi connectivity index (χ4v) is 2.13. The Morgan fingerprint density at radius 3 is 2.53 bits per heavy atom. The molecule has 4 nitrogen and oxygen atoms in total. The first-order valence-corrected chi connectivity index (χ1v) is 6.53. The fraction of sp³-hybridized carbons (Fsp3) is 0.923. The van der Waals surface area contributed by atoms with E-state index in [2.05, 4.69) is 5.32 Å². The van der Waals surface area contributed by atoms with Gasteiger partial charge in [-0.05, 0) is 40.5 Å². The lowest BCUT2D eigenvalue weighted by Crippen LogP contribution is -2.47. The molecule has 0 aromatic heterocycles. The van der Waals surface area contributed by atoms with Crippen molar-refractivity contribution in [3.8, 4) is 0 Å². The van der Waals surface area contributed by atoms with Crippen molar-refractivity contribution in [3.05, 3.63) is 0 Å². The SMILES string of the molecule is CCO[C@H]1CCCC[C@H]1NC(=O)OC(C)(C)C. The molecule has 0 heterocycles. The quantitative estimate of drug-likeness (QED) is 0.829. The van der Waals surface area contributed by atoms with Crippen LogP contribution in [0.25, 0.3) is 0 Å². The van der Waals surface area contributed by atoms with Crippen LogP contribution in [-0.4, -0.2) is 30.4 Å². The van der Waals surface area contributed by atoms with Crippen LogP contribution < -0.4 is 5.32 Å². The number of hydrogen-bond donors (Lipinski definition) is 1. The molecule has 1 aliphatic rings. The average molecular weight is 243 g/mol. The summed E-state index contributed by atoms with van der Waals surface area (Å²) in [7, 11) is 0. The van der Waals surface area contributed by atoms with Crippen LogP contribution in [0.5, 0.6) is 0 Å². The van der Waals surface area contributed by atoms with Gasteiger partial charge in [-0.25, -0.2) is 4.79 Å². The van der Waals surface area contributed by atoms with Gasteiger partial charge < -0.3 is 14.8 Å². The molecular weight excluding hydrogens is 218 g/mol. The maximum Gasteiger partial charge on any atom is 0.407 e. The highest BCUT2D eigenvalue weighted by atomic mass is 16.6. The summed E-state index contributed by atoms with van der Waals surface area (Å²) in [5.74, 6) is 0.